The zero-order chi connectivity index (χ0) is 22.1. The Labute approximate surface area is 196 Å². The summed E-state index contributed by atoms with van der Waals surface area (Å²) in [5.74, 6) is 2.78. The van der Waals surface area contributed by atoms with Gasteiger partial charge in [-0.1, -0.05) is 17.8 Å². The highest BCUT2D eigenvalue weighted by Gasteiger charge is 2.15. The number of benzene rings is 1. The molecule has 0 aliphatic heterocycles. The monoisotopic (exact) mass is 481 g/mol. The third kappa shape index (κ3) is 3.96. The lowest BCUT2D eigenvalue weighted by Gasteiger charge is -2.06. The maximum absolute atomic E-state index is 12.7. The van der Waals surface area contributed by atoms with Crippen LogP contribution in [0.15, 0.2) is 57.8 Å². The van der Waals surface area contributed by atoms with Crippen LogP contribution in [0.4, 0.5) is 0 Å². The molecule has 0 unspecified atom stereocenters. The number of hydrogen-bond acceptors (Lipinski definition) is 8. The number of aromatic nitrogens is 5. The molecule has 4 aromatic heterocycles. The summed E-state index contributed by atoms with van der Waals surface area (Å²) < 4.78 is 7.93. The highest BCUT2D eigenvalue weighted by atomic mass is 32.2. The number of methoxy groups -OCH3 is 1. The van der Waals surface area contributed by atoms with E-state index in [0.29, 0.717) is 21.8 Å². The SMILES string of the molecule is CCn1c(SCc2nc3cc(-c4ccc(OC)cc4)sc3c(=O)[nH]2)nnc1-c1cccs1. The van der Waals surface area contributed by atoms with Gasteiger partial charge in [-0.05, 0) is 54.3 Å². The molecule has 0 atom stereocenters. The molecule has 0 radical (unpaired) electrons. The molecule has 10 heteroatoms. The normalized spacial score (nSPS) is 11.3. The van der Waals surface area contributed by atoms with E-state index in [1.807, 2.05) is 47.8 Å². The van der Waals surface area contributed by atoms with Crippen LogP contribution in [-0.2, 0) is 12.3 Å². The molecule has 0 aliphatic rings. The smallest absolute Gasteiger partial charge is 0.268 e. The molecule has 32 heavy (non-hydrogen) atoms. The zero-order valence-corrected chi connectivity index (χ0v) is 19.8. The number of nitrogens with one attached hydrogen (secondary N) is 1. The van der Waals surface area contributed by atoms with Crippen LogP contribution in [0.25, 0.3) is 31.4 Å². The zero-order valence-electron chi connectivity index (χ0n) is 17.4. The van der Waals surface area contributed by atoms with Gasteiger partial charge in [0.15, 0.2) is 11.0 Å². The summed E-state index contributed by atoms with van der Waals surface area (Å²) in [6.07, 6.45) is 0. The summed E-state index contributed by atoms with van der Waals surface area (Å²) in [5.41, 5.74) is 1.62. The van der Waals surface area contributed by atoms with Crippen LogP contribution >= 0.6 is 34.4 Å². The molecule has 0 bridgehead atoms. The summed E-state index contributed by atoms with van der Waals surface area (Å²) in [6, 6.07) is 13.8. The molecule has 4 heterocycles. The third-order valence-corrected chi connectivity index (χ3v) is 7.94. The Balaban J connectivity index is 1.40. The van der Waals surface area contributed by atoms with Gasteiger partial charge >= 0.3 is 0 Å². The Morgan fingerprint density at radius 2 is 2.00 bits per heavy atom. The van der Waals surface area contributed by atoms with Crippen LogP contribution in [0.3, 0.4) is 0 Å². The molecule has 0 saturated carbocycles. The average molecular weight is 482 g/mol. The molecular formula is C22H19N5O2S3. The van der Waals surface area contributed by atoms with E-state index in [9.17, 15) is 4.79 Å². The molecule has 7 nitrogen and oxygen atoms in total. The second-order valence-corrected chi connectivity index (χ2v) is 9.82. The second-order valence-electron chi connectivity index (χ2n) is 6.88. The maximum atomic E-state index is 12.7. The van der Waals surface area contributed by atoms with Crippen molar-refractivity contribution in [1.29, 1.82) is 0 Å². The number of H-pyrrole nitrogens is 1. The second kappa shape index (κ2) is 8.89. The van der Waals surface area contributed by atoms with Crippen molar-refractivity contribution in [3.05, 3.63) is 64.0 Å². The van der Waals surface area contributed by atoms with Crippen molar-refractivity contribution in [1.82, 2.24) is 24.7 Å². The molecule has 0 saturated heterocycles. The first kappa shape index (κ1) is 20.9. The van der Waals surface area contributed by atoms with Crippen LogP contribution in [0, 0.1) is 0 Å². The van der Waals surface area contributed by atoms with Crippen molar-refractivity contribution >= 4 is 44.7 Å². The predicted molar refractivity (Wildman–Crippen MR) is 131 cm³/mol. The van der Waals surface area contributed by atoms with Crippen LogP contribution in [-0.4, -0.2) is 31.8 Å². The molecule has 1 N–H and O–H groups in total. The van der Waals surface area contributed by atoms with Crippen molar-refractivity contribution in [3.63, 3.8) is 0 Å². The van der Waals surface area contributed by atoms with Gasteiger partial charge in [0.1, 0.15) is 16.3 Å². The van der Waals surface area contributed by atoms with Crippen molar-refractivity contribution in [2.75, 3.05) is 7.11 Å². The summed E-state index contributed by atoms with van der Waals surface area (Å²) in [6.45, 7) is 2.84. The summed E-state index contributed by atoms with van der Waals surface area (Å²) in [7, 11) is 1.64. The van der Waals surface area contributed by atoms with Gasteiger partial charge in [0.2, 0.25) is 0 Å². The van der Waals surface area contributed by atoms with E-state index in [1.165, 1.54) is 23.1 Å². The first-order valence-corrected chi connectivity index (χ1v) is 12.6. The van der Waals surface area contributed by atoms with Crippen molar-refractivity contribution in [3.8, 4) is 26.9 Å². The van der Waals surface area contributed by atoms with Crippen LogP contribution in [0.5, 0.6) is 5.75 Å². The first-order valence-electron chi connectivity index (χ1n) is 9.93. The molecule has 5 rings (SSSR count). The third-order valence-electron chi connectivity index (χ3n) is 4.92. The van der Waals surface area contributed by atoms with Gasteiger partial charge in [0, 0.05) is 11.4 Å². The average Bonchev–Trinajstić information content (AvgIpc) is 3.56. The lowest BCUT2D eigenvalue weighted by molar-refractivity contribution is 0.415. The number of fused-ring (bicyclic) bond motifs is 1. The number of hydrogen-bond donors (Lipinski definition) is 1. The van der Waals surface area contributed by atoms with Crippen LogP contribution in [0.1, 0.15) is 12.7 Å². The van der Waals surface area contributed by atoms with Gasteiger partial charge in [-0.2, -0.15) is 0 Å². The lowest BCUT2D eigenvalue weighted by Crippen LogP contribution is -2.09. The molecule has 0 fully saturated rings. The highest BCUT2D eigenvalue weighted by Crippen LogP contribution is 2.32. The number of nitrogens with zero attached hydrogens (tertiary/aromatic N) is 4. The molecule has 5 aromatic rings. The van der Waals surface area contributed by atoms with Crippen molar-refractivity contribution in [2.24, 2.45) is 0 Å². The number of aromatic amines is 1. The first-order chi connectivity index (χ1) is 15.7. The van der Waals surface area contributed by atoms with Crippen LogP contribution < -0.4 is 10.3 Å². The van der Waals surface area contributed by atoms with E-state index in [-0.39, 0.29) is 5.56 Å². The predicted octanol–water partition coefficient (Wildman–Crippen LogP) is 5.29. The van der Waals surface area contributed by atoms with E-state index in [2.05, 4.69) is 26.7 Å². The summed E-state index contributed by atoms with van der Waals surface area (Å²) in [4.78, 5) is 22.4. The topological polar surface area (TPSA) is 85.7 Å². The Morgan fingerprint density at radius 3 is 2.72 bits per heavy atom. The Bertz CT molecular complexity index is 1420. The van der Waals surface area contributed by atoms with E-state index in [0.717, 1.165) is 38.6 Å². The minimum Gasteiger partial charge on any atom is -0.497 e. The summed E-state index contributed by atoms with van der Waals surface area (Å²) in [5, 5.41) is 11.6. The number of thiophene rings is 2. The van der Waals surface area contributed by atoms with E-state index < -0.39 is 0 Å². The number of thioether (sulfide) groups is 1. The minimum absolute atomic E-state index is 0.119. The Morgan fingerprint density at radius 1 is 1.16 bits per heavy atom. The molecule has 0 amide bonds. The van der Waals surface area contributed by atoms with E-state index >= 15 is 0 Å². The fourth-order valence-corrected chi connectivity index (χ4v) is 5.94. The van der Waals surface area contributed by atoms with Gasteiger partial charge in [0.25, 0.3) is 5.56 Å². The number of rotatable bonds is 7. The van der Waals surface area contributed by atoms with Crippen molar-refractivity contribution in [2.45, 2.75) is 24.4 Å². The molecule has 0 spiro atoms. The fourth-order valence-electron chi connectivity index (χ4n) is 3.36. The molecule has 162 valence electrons. The van der Waals surface area contributed by atoms with Gasteiger partial charge in [0.05, 0.1) is 23.3 Å². The van der Waals surface area contributed by atoms with Gasteiger partial charge in [-0.15, -0.1) is 32.9 Å². The molecule has 1 aromatic carbocycles. The maximum Gasteiger partial charge on any atom is 0.268 e. The quantitative estimate of drug-likeness (QED) is 0.318. The largest absolute Gasteiger partial charge is 0.497 e. The Hall–Kier alpha value is -2.95. The molecule has 0 aliphatic carbocycles. The highest BCUT2D eigenvalue weighted by molar-refractivity contribution is 7.98. The van der Waals surface area contributed by atoms with E-state index in [1.54, 1.807) is 18.4 Å². The van der Waals surface area contributed by atoms with Gasteiger partial charge in [-0.25, -0.2) is 4.98 Å². The minimum atomic E-state index is -0.119. The fraction of sp³-hybridized carbons (Fsp3) is 0.182. The van der Waals surface area contributed by atoms with Gasteiger partial charge in [-0.3, -0.25) is 4.79 Å². The van der Waals surface area contributed by atoms with Crippen LogP contribution in [0.2, 0.25) is 0 Å². The van der Waals surface area contributed by atoms with E-state index in [4.69, 9.17) is 9.72 Å². The summed E-state index contributed by atoms with van der Waals surface area (Å²) >= 11 is 4.60. The Kier molecular flexibility index (Phi) is 5.81. The van der Waals surface area contributed by atoms with Crippen molar-refractivity contribution < 1.29 is 4.74 Å². The molecular weight excluding hydrogens is 462 g/mol. The standard InChI is InChI=1S/C22H19N5O2S3/c1-3-27-20(16-5-4-10-30-16)25-26-22(27)31-12-18-23-15-11-17(32-19(15)21(28)24-18)13-6-8-14(29-2)9-7-13/h4-11H,3,12H2,1-2H3,(H,23,24,28). The van der Waals surface area contributed by atoms with Gasteiger partial charge < -0.3 is 14.3 Å². The lowest BCUT2D eigenvalue weighted by atomic mass is 10.2. The number of ether oxygens (including phenoxy) is 1.